The van der Waals surface area contributed by atoms with Crippen molar-refractivity contribution >= 4 is 5.78 Å². The average molecular weight is 282 g/mol. The van der Waals surface area contributed by atoms with Crippen LogP contribution in [0, 0.1) is 11.8 Å². The first-order valence-corrected chi connectivity index (χ1v) is 7.97. The molecule has 0 radical (unpaired) electrons. The Bertz CT molecular complexity index is 295. The van der Waals surface area contributed by atoms with Crippen molar-refractivity contribution in [3.63, 3.8) is 0 Å². The van der Waals surface area contributed by atoms with Gasteiger partial charge in [-0.2, -0.15) is 0 Å². The lowest BCUT2D eigenvalue weighted by Gasteiger charge is -2.30. The van der Waals surface area contributed by atoms with Crippen LogP contribution in [0.25, 0.3) is 0 Å². The fourth-order valence-corrected chi connectivity index (χ4v) is 3.57. The summed E-state index contributed by atoms with van der Waals surface area (Å²) in [5.41, 5.74) is 0. The first-order chi connectivity index (χ1) is 9.83. The molecular weight excluding hydrogens is 256 g/mol. The molecule has 114 valence electrons. The zero-order chi connectivity index (χ0) is 13.8. The minimum Gasteiger partial charge on any atom is -0.379 e. The fourth-order valence-electron chi connectivity index (χ4n) is 3.57. The van der Waals surface area contributed by atoms with Crippen molar-refractivity contribution in [3.8, 4) is 0 Å². The molecule has 0 N–H and O–H groups in total. The summed E-state index contributed by atoms with van der Waals surface area (Å²) in [5.74, 6) is 1.03. The molecule has 0 aromatic carbocycles. The molecular formula is C15H26N2O3. The summed E-state index contributed by atoms with van der Waals surface area (Å²) in [6, 6.07) is 0. The minimum absolute atomic E-state index is 0.263. The second kappa shape index (κ2) is 6.98. The third kappa shape index (κ3) is 3.58. The summed E-state index contributed by atoms with van der Waals surface area (Å²) < 4.78 is 10.7. The molecule has 0 spiro atoms. The van der Waals surface area contributed by atoms with Gasteiger partial charge in [0.15, 0.2) is 0 Å². The summed E-state index contributed by atoms with van der Waals surface area (Å²) in [5, 5.41) is 0. The molecule has 0 aromatic rings. The summed E-state index contributed by atoms with van der Waals surface area (Å²) in [4.78, 5) is 17.3. The van der Waals surface area contributed by atoms with Gasteiger partial charge in [0.25, 0.3) is 0 Å². The van der Waals surface area contributed by atoms with Crippen LogP contribution in [0.3, 0.4) is 0 Å². The van der Waals surface area contributed by atoms with Crippen LogP contribution >= 0.6 is 0 Å². The van der Waals surface area contributed by atoms with E-state index in [2.05, 4.69) is 9.80 Å². The third-order valence-corrected chi connectivity index (χ3v) is 4.83. The molecule has 1 aliphatic carbocycles. The summed E-state index contributed by atoms with van der Waals surface area (Å²) >= 11 is 0. The van der Waals surface area contributed by atoms with Gasteiger partial charge < -0.3 is 9.47 Å². The summed E-state index contributed by atoms with van der Waals surface area (Å²) in [6.07, 6.45) is 2.15. The molecule has 0 amide bonds. The van der Waals surface area contributed by atoms with E-state index >= 15 is 0 Å². The number of morpholine rings is 2. The van der Waals surface area contributed by atoms with Gasteiger partial charge in [-0.3, -0.25) is 14.6 Å². The van der Waals surface area contributed by atoms with Gasteiger partial charge in [-0.15, -0.1) is 0 Å². The second-order valence-electron chi connectivity index (χ2n) is 6.20. The fraction of sp³-hybridized carbons (Fsp3) is 0.933. The Hall–Kier alpha value is -0.490. The smallest absolute Gasteiger partial charge is 0.141 e. The van der Waals surface area contributed by atoms with Crippen molar-refractivity contribution in [1.29, 1.82) is 0 Å². The Morgan fingerprint density at radius 2 is 1.20 bits per heavy atom. The molecule has 0 aromatic heterocycles. The highest BCUT2D eigenvalue weighted by atomic mass is 16.5. The minimum atomic E-state index is 0.263. The number of ketones is 1. The van der Waals surface area contributed by atoms with E-state index in [0.717, 1.165) is 78.5 Å². The van der Waals surface area contributed by atoms with Crippen LogP contribution < -0.4 is 0 Å². The Labute approximate surface area is 121 Å². The van der Waals surface area contributed by atoms with Gasteiger partial charge in [-0.1, -0.05) is 0 Å². The van der Waals surface area contributed by atoms with Gasteiger partial charge in [0.2, 0.25) is 0 Å². The molecule has 3 aliphatic rings. The van der Waals surface area contributed by atoms with Gasteiger partial charge in [-0.25, -0.2) is 0 Å². The highest BCUT2D eigenvalue weighted by Crippen LogP contribution is 2.29. The van der Waals surface area contributed by atoms with Crippen molar-refractivity contribution in [2.45, 2.75) is 12.8 Å². The van der Waals surface area contributed by atoms with E-state index in [9.17, 15) is 4.79 Å². The normalized spacial score (nSPS) is 33.7. The van der Waals surface area contributed by atoms with Gasteiger partial charge in [0, 0.05) is 51.1 Å². The lowest BCUT2D eigenvalue weighted by molar-refractivity contribution is -0.125. The predicted octanol–water partition coefficient (Wildman–Crippen LogP) is 0.246. The zero-order valence-electron chi connectivity index (χ0n) is 12.3. The van der Waals surface area contributed by atoms with E-state index in [1.165, 1.54) is 0 Å². The Balaban J connectivity index is 1.46. The highest BCUT2D eigenvalue weighted by Gasteiger charge is 2.36. The maximum Gasteiger partial charge on any atom is 0.141 e. The van der Waals surface area contributed by atoms with Crippen molar-refractivity contribution in [2.24, 2.45) is 11.8 Å². The quantitative estimate of drug-likeness (QED) is 0.739. The number of Topliss-reactive ketones (excluding diaryl/α,β-unsaturated/α-hetero) is 1. The zero-order valence-corrected chi connectivity index (χ0v) is 12.3. The molecule has 1 saturated carbocycles. The van der Waals surface area contributed by atoms with Crippen LogP contribution in [0.15, 0.2) is 0 Å². The molecule has 5 heteroatoms. The Morgan fingerprint density at radius 3 is 1.60 bits per heavy atom. The molecule has 5 nitrogen and oxygen atoms in total. The standard InChI is InChI=1S/C15H26N2O3/c18-15-13(11-16-3-7-19-8-4-16)1-2-14(15)12-17-5-9-20-10-6-17/h13-14H,1-12H2/t13-,14-/m0/s1. The second-order valence-corrected chi connectivity index (χ2v) is 6.20. The van der Waals surface area contributed by atoms with Crippen molar-refractivity contribution in [3.05, 3.63) is 0 Å². The van der Waals surface area contributed by atoms with E-state index in [-0.39, 0.29) is 11.8 Å². The number of hydrogen-bond acceptors (Lipinski definition) is 5. The number of carbonyl (C=O) groups is 1. The van der Waals surface area contributed by atoms with Crippen LogP contribution in [0.1, 0.15) is 12.8 Å². The number of nitrogens with zero attached hydrogens (tertiary/aromatic N) is 2. The van der Waals surface area contributed by atoms with Crippen LogP contribution in [0.4, 0.5) is 0 Å². The molecule has 0 unspecified atom stereocenters. The number of ether oxygens (including phenoxy) is 2. The molecule has 2 aliphatic heterocycles. The van der Waals surface area contributed by atoms with Crippen LogP contribution in [0.2, 0.25) is 0 Å². The number of rotatable bonds is 4. The lowest BCUT2D eigenvalue weighted by Crippen LogP contribution is -2.42. The van der Waals surface area contributed by atoms with Gasteiger partial charge in [0.1, 0.15) is 5.78 Å². The maximum absolute atomic E-state index is 12.5. The van der Waals surface area contributed by atoms with E-state index in [1.807, 2.05) is 0 Å². The molecule has 2 heterocycles. The number of carbonyl (C=O) groups excluding carboxylic acids is 1. The van der Waals surface area contributed by atoms with Crippen LogP contribution in [-0.2, 0) is 14.3 Å². The SMILES string of the molecule is O=C1[C@H](CN2CCOCC2)CC[C@H]1CN1CCOCC1. The third-order valence-electron chi connectivity index (χ3n) is 4.83. The van der Waals surface area contributed by atoms with Crippen molar-refractivity contribution in [2.75, 3.05) is 65.7 Å². The monoisotopic (exact) mass is 282 g/mol. The summed E-state index contributed by atoms with van der Waals surface area (Å²) in [6.45, 7) is 9.10. The first-order valence-electron chi connectivity index (χ1n) is 7.97. The molecule has 3 rings (SSSR count). The Kier molecular flexibility index (Phi) is 5.04. The Morgan fingerprint density at radius 1 is 0.800 bits per heavy atom. The average Bonchev–Trinajstić information content (AvgIpc) is 2.83. The van der Waals surface area contributed by atoms with Gasteiger partial charge >= 0.3 is 0 Å². The van der Waals surface area contributed by atoms with Crippen LogP contribution in [-0.4, -0.2) is 81.3 Å². The topological polar surface area (TPSA) is 42.0 Å². The molecule has 3 fully saturated rings. The maximum atomic E-state index is 12.5. The van der Waals surface area contributed by atoms with Crippen molar-refractivity contribution in [1.82, 2.24) is 9.80 Å². The van der Waals surface area contributed by atoms with E-state index in [1.54, 1.807) is 0 Å². The molecule has 0 bridgehead atoms. The molecule has 2 atom stereocenters. The largest absolute Gasteiger partial charge is 0.379 e. The van der Waals surface area contributed by atoms with Crippen LogP contribution in [0.5, 0.6) is 0 Å². The predicted molar refractivity (Wildman–Crippen MR) is 75.7 cm³/mol. The first kappa shape index (κ1) is 14.4. The van der Waals surface area contributed by atoms with Crippen molar-refractivity contribution < 1.29 is 14.3 Å². The van der Waals surface area contributed by atoms with E-state index in [0.29, 0.717) is 5.78 Å². The highest BCUT2D eigenvalue weighted by molar-refractivity contribution is 5.85. The van der Waals surface area contributed by atoms with E-state index in [4.69, 9.17) is 9.47 Å². The van der Waals surface area contributed by atoms with E-state index < -0.39 is 0 Å². The number of hydrogen-bond donors (Lipinski definition) is 0. The molecule has 20 heavy (non-hydrogen) atoms. The van der Waals surface area contributed by atoms with Gasteiger partial charge in [0.05, 0.1) is 26.4 Å². The van der Waals surface area contributed by atoms with Gasteiger partial charge in [-0.05, 0) is 12.8 Å². The molecule has 2 saturated heterocycles. The lowest BCUT2D eigenvalue weighted by atomic mass is 10.0. The summed E-state index contributed by atoms with van der Waals surface area (Å²) in [7, 11) is 0.